The molecule has 0 fully saturated rings. The second-order valence-electron chi connectivity index (χ2n) is 14.7. The summed E-state index contributed by atoms with van der Waals surface area (Å²) in [6.07, 6.45) is 0. The summed E-state index contributed by atoms with van der Waals surface area (Å²) in [6.45, 7) is 0. The fourth-order valence-corrected chi connectivity index (χ4v) is 10.5. The summed E-state index contributed by atoms with van der Waals surface area (Å²) in [4.78, 5) is 15.8. The molecule has 0 saturated heterocycles. The fourth-order valence-electron chi connectivity index (χ4n) is 9.40. The monoisotopic (exact) mass is 729 g/mol. The lowest BCUT2D eigenvalue weighted by Crippen LogP contribution is -2.26. The highest BCUT2D eigenvalue weighted by molar-refractivity contribution is 7.25. The zero-order valence-corrected chi connectivity index (χ0v) is 31.0. The van der Waals surface area contributed by atoms with Gasteiger partial charge in [-0.2, -0.15) is 0 Å². The highest BCUT2D eigenvalue weighted by Crippen LogP contribution is 2.64. The van der Waals surface area contributed by atoms with E-state index in [2.05, 4.69) is 170 Å². The summed E-state index contributed by atoms with van der Waals surface area (Å²) in [7, 11) is 0. The Kier molecular flexibility index (Phi) is 6.72. The Morgan fingerprint density at radius 1 is 0.321 bits per heavy atom. The minimum absolute atomic E-state index is 0.522. The van der Waals surface area contributed by atoms with Gasteiger partial charge in [-0.25, -0.2) is 15.0 Å². The maximum atomic E-state index is 5.36. The number of aromatic nitrogens is 3. The number of thiophene rings is 1. The van der Waals surface area contributed by atoms with Gasteiger partial charge < -0.3 is 0 Å². The van der Waals surface area contributed by atoms with E-state index in [0.717, 1.165) is 22.3 Å². The van der Waals surface area contributed by atoms with Gasteiger partial charge in [0.1, 0.15) is 0 Å². The summed E-state index contributed by atoms with van der Waals surface area (Å²) in [5.74, 6) is 1.96. The first kappa shape index (κ1) is 31.4. The van der Waals surface area contributed by atoms with E-state index in [1.807, 2.05) is 29.5 Å². The second-order valence-corrected chi connectivity index (χ2v) is 15.8. The van der Waals surface area contributed by atoms with Gasteiger partial charge in [-0.3, -0.25) is 0 Å². The molecule has 3 nitrogen and oxygen atoms in total. The number of hydrogen-bond donors (Lipinski definition) is 0. The van der Waals surface area contributed by atoms with Crippen LogP contribution in [0.4, 0.5) is 0 Å². The SMILES string of the molecule is c1ccc(-c2nc(-c3ccc(-c4ccc5sc6ccccc6c5c4)cc3)nc(-c3cccc4c3C3(c5ccccc5-c5ccccc53)c3ccccc3-4)n2)cc1. The summed E-state index contributed by atoms with van der Waals surface area (Å²) in [5.41, 5.74) is 14.8. The van der Waals surface area contributed by atoms with Crippen molar-refractivity contribution in [3.63, 3.8) is 0 Å². The van der Waals surface area contributed by atoms with E-state index in [-0.39, 0.29) is 0 Å². The third-order valence-corrected chi connectivity index (χ3v) is 12.9. The molecule has 0 aliphatic heterocycles. The van der Waals surface area contributed by atoms with E-state index in [4.69, 9.17) is 15.0 Å². The van der Waals surface area contributed by atoms with Crippen LogP contribution in [-0.2, 0) is 5.41 Å². The molecule has 12 rings (SSSR count). The van der Waals surface area contributed by atoms with Crippen LogP contribution in [0.25, 0.3) is 87.7 Å². The third kappa shape index (κ3) is 4.42. The zero-order chi connectivity index (χ0) is 36.8. The summed E-state index contributed by atoms with van der Waals surface area (Å²) in [5, 5.41) is 2.60. The Hall–Kier alpha value is -7.01. The van der Waals surface area contributed by atoms with Crippen molar-refractivity contribution >= 4 is 31.5 Å². The van der Waals surface area contributed by atoms with Gasteiger partial charge in [-0.1, -0.05) is 170 Å². The Morgan fingerprint density at radius 3 is 1.50 bits per heavy atom. The number of fused-ring (bicyclic) bond motifs is 13. The summed E-state index contributed by atoms with van der Waals surface area (Å²) >= 11 is 1.84. The molecule has 56 heavy (non-hydrogen) atoms. The van der Waals surface area contributed by atoms with Gasteiger partial charge >= 0.3 is 0 Å². The molecule has 0 bridgehead atoms. The molecular weight excluding hydrogens is 699 g/mol. The first-order valence-electron chi connectivity index (χ1n) is 19.0. The van der Waals surface area contributed by atoms with E-state index >= 15 is 0 Å². The first-order chi connectivity index (χ1) is 27.8. The quantitative estimate of drug-likeness (QED) is 0.181. The maximum Gasteiger partial charge on any atom is 0.164 e. The fraction of sp³-hybridized carbons (Fsp3) is 0.0192. The largest absolute Gasteiger partial charge is 0.208 e. The van der Waals surface area contributed by atoms with Crippen molar-refractivity contribution in [2.75, 3.05) is 0 Å². The molecule has 10 aromatic rings. The van der Waals surface area contributed by atoms with Gasteiger partial charge in [0.25, 0.3) is 0 Å². The molecule has 0 N–H and O–H groups in total. The van der Waals surface area contributed by atoms with Crippen LogP contribution in [0, 0.1) is 0 Å². The molecule has 4 heteroatoms. The molecule has 2 heterocycles. The van der Waals surface area contributed by atoms with Crippen LogP contribution in [0.15, 0.2) is 188 Å². The van der Waals surface area contributed by atoms with Crippen molar-refractivity contribution in [2.24, 2.45) is 0 Å². The highest BCUT2D eigenvalue weighted by atomic mass is 32.1. The van der Waals surface area contributed by atoms with Crippen molar-refractivity contribution in [3.8, 4) is 67.5 Å². The average molecular weight is 730 g/mol. The second kappa shape index (κ2) is 12.0. The standard InChI is InChI=1S/C52H31N3S/c1-2-13-33(14-3-1)49-53-50(34-27-25-32(26-28-34)35-29-30-47-42(31-35)39-18-7-11-24-46(39)56-47)55-51(54-49)41-20-12-19-40-38-17-6-10-23-45(38)52(48(40)41)43-21-8-4-15-36(43)37-16-5-9-22-44(37)52/h1-31H. The van der Waals surface area contributed by atoms with Crippen LogP contribution < -0.4 is 0 Å². The Morgan fingerprint density at radius 2 is 0.804 bits per heavy atom. The Balaban J connectivity index is 1.06. The van der Waals surface area contributed by atoms with Gasteiger partial charge in [0.15, 0.2) is 17.5 Å². The van der Waals surface area contributed by atoms with Crippen molar-refractivity contribution in [3.05, 3.63) is 210 Å². The van der Waals surface area contributed by atoms with Gasteiger partial charge in [0.05, 0.1) is 5.41 Å². The minimum Gasteiger partial charge on any atom is -0.208 e. The lowest BCUT2D eigenvalue weighted by atomic mass is 9.69. The van der Waals surface area contributed by atoms with Crippen molar-refractivity contribution in [2.45, 2.75) is 5.41 Å². The topological polar surface area (TPSA) is 38.7 Å². The Labute approximate surface area is 328 Å². The van der Waals surface area contributed by atoms with Crippen LogP contribution in [0.1, 0.15) is 22.3 Å². The molecule has 0 radical (unpaired) electrons. The molecule has 2 aliphatic rings. The minimum atomic E-state index is -0.522. The first-order valence-corrected chi connectivity index (χ1v) is 19.8. The third-order valence-electron chi connectivity index (χ3n) is 11.8. The van der Waals surface area contributed by atoms with Crippen LogP contribution in [0.5, 0.6) is 0 Å². The van der Waals surface area contributed by atoms with Crippen LogP contribution in [0.2, 0.25) is 0 Å². The van der Waals surface area contributed by atoms with Gasteiger partial charge in [-0.15, -0.1) is 11.3 Å². The molecule has 0 saturated carbocycles. The molecular formula is C52H31N3S. The zero-order valence-electron chi connectivity index (χ0n) is 30.1. The van der Waals surface area contributed by atoms with Crippen molar-refractivity contribution in [1.29, 1.82) is 0 Å². The molecule has 0 atom stereocenters. The number of benzene rings is 8. The van der Waals surface area contributed by atoms with Crippen LogP contribution in [-0.4, -0.2) is 15.0 Å². The predicted octanol–water partition coefficient (Wildman–Crippen LogP) is 13.3. The number of hydrogen-bond acceptors (Lipinski definition) is 4. The number of nitrogens with zero attached hydrogens (tertiary/aromatic N) is 3. The van der Waals surface area contributed by atoms with Crippen LogP contribution in [0.3, 0.4) is 0 Å². The molecule has 2 aliphatic carbocycles. The number of rotatable bonds is 4. The normalized spacial score (nSPS) is 13.1. The van der Waals surface area contributed by atoms with Crippen molar-refractivity contribution in [1.82, 2.24) is 15.0 Å². The van der Waals surface area contributed by atoms with E-state index in [9.17, 15) is 0 Å². The maximum absolute atomic E-state index is 5.36. The molecule has 260 valence electrons. The van der Waals surface area contributed by atoms with Gasteiger partial charge in [-0.05, 0) is 73.8 Å². The van der Waals surface area contributed by atoms with E-state index in [1.54, 1.807) is 0 Å². The van der Waals surface area contributed by atoms with Crippen molar-refractivity contribution < 1.29 is 0 Å². The lowest BCUT2D eigenvalue weighted by molar-refractivity contribution is 0.794. The van der Waals surface area contributed by atoms with Gasteiger partial charge in [0, 0.05) is 36.9 Å². The summed E-state index contributed by atoms with van der Waals surface area (Å²) in [6, 6.07) is 67.7. The highest BCUT2D eigenvalue weighted by Gasteiger charge is 2.52. The smallest absolute Gasteiger partial charge is 0.164 e. The van der Waals surface area contributed by atoms with E-state index in [0.29, 0.717) is 17.5 Å². The molecule has 2 aromatic heterocycles. The van der Waals surface area contributed by atoms with Crippen LogP contribution >= 0.6 is 11.3 Å². The molecule has 0 unspecified atom stereocenters. The molecule has 1 spiro atoms. The molecule has 8 aromatic carbocycles. The molecule has 0 amide bonds. The average Bonchev–Trinajstić information content (AvgIpc) is 3.90. The summed E-state index contributed by atoms with van der Waals surface area (Å²) < 4.78 is 2.62. The Bertz CT molecular complexity index is 3130. The predicted molar refractivity (Wildman–Crippen MR) is 231 cm³/mol. The van der Waals surface area contributed by atoms with E-state index in [1.165, 1.54) is 70.2 Å². The van der Waals surface area contributed by atoms with E-state index < -0.39 is 5.41 Å². The van der Waals surface area contributed by atoms with Gasteiger partial charge in [0.2, 0.25) is 0 Å². The lowest BCUT2D eigenvalue weighted by Gasteiger charge is -2.31.